The van der Waals surface area contributed by atoms with Gasteiger partial charge in [0.1, 0.15) is 18.3 Å². The summed E-state index contributed by atoms with van der Waals surface area (Å²) >= 11 is 0. The maximum Gasteiger partial charge on any atom is 0.336 e. The van der Waals surface area contributed by atoms with E-state index in [1.54, 1.807) is 6.08 Å². The van der Waals surface area contributed by atoms with E-state index in [1.165, 1.54) is 0 Å². The first-order valence-electron chi connectivity index (χ1n) is 8.83. The van der Waals surface area contributed by atoms with Crippen molar-refractivity contribution in [2.75, 3.05) is 13.2 Å². The molecule has 7 heteroatoms. The summed E-state index contributed by atoms with van der Waals surface area (Å²) in [4.78, 5) is 24.4. The fourth-order valence-electron chi connectivity index (χ4n) is 3.23. The largest absolute Gasteiger partial charge is 0.458 e. The number of rotatable bonds is 5. The van der Waals surface area contributed by atoms with Crippen molar-refractivity contribution in [3.8, 4) is 0 Å². The maximum absolute atomic E-state index is 12.3. The molecule has 1 aliphatic heterocycles. The predicted molar refractivity (Wildman–Crippen MR) is 97.4 cm³/mol. The van der Waals surface area contributed by atoms with Gasteiger partial charge in [0.25, 0.3) is 0 Å². The zero-order valence-electron chi connectivity index (χ0n) is 15.4. The van der Waals surface area contributed by atoms with Crippen molar-refractivity contribution in [2.45, 2.75) is 44.5 Å². The highest BCUT2D eigenvalue weighted by atomic mass is 16.6. The number of aliphatic hydroxyl groups is 3. The highest BCUT2D eigenvalue weighted by Crippen LogP contribution is 2.36. The summed E-state index contributed by atoms with van der Waals surface area (Å²) in [6.07, 6.45) is 2.46. The van der Waals surface area contributed by atoms with Crippen LogP contribution in [0.5, 0.6) is 0 Å². The monoisotopic (exact) mass is 378 g/mol. The lowest BCUT2D eigenvalue weighted by Gasteiger charge is -2.28. The van der Waals surface area contributed by atoms with Gasteiger partial charge in [-0.1, -0.05) is 24.8 Å². The lowest BCUT2D eigenvalue weighted by Crippen LogP contribution is -2.35. The van der Waals surface area contributed by atoms with Gasteiger partial charge in [0.15, 0.2) is 0 Å². The van der Waals surface area contributed by atoms with Gasteiger partial charge < -0.3 is 24.8 Å². The summed E-state index contributed by atoms with van der Waals surface area (Å²) in [5, 5.41) is 28.2. The van der Waals surface area contributed by atoms with Crippen molar-refractivity contribution in [3.05, 3.63) is 47.6 Å². The summed E-state index contributed by atoms with van der Waals surface area (Å²) in [6.45, 7) is 8.32. The molecule has 1 heterocycles. The lowest BCUT2D eigenvalue weighted by molar-refractivity contribution is -0.148. The topological polar surface area (TPSA) is 113 Å². The maximum atomic E-state index is 12.3. The number of ether oxygens (including phenoxy) is 2. The van der Waals surface area contributed by atoms with E-state index in [9.17, 15) is 19.8 Å². The number of fused-ring (bicyclic) bond motifs is 1. The molecule has 0 aromatic heterocycles. The summed E-state index contributed by atoms with van der Waals surface area (Å²) in [7, 11) is 0. The molecule has 7 nitrogen and oxygen atoms in total. The highest BCUT2D eigenvalue weighted by molar-refractivity contribution is 5.92. The van der Waals surface area contributed by atoms with Gasteiger partial charge in [-0.2, -0.15) is 0 Å². The second kappa shape index (κ2) is 9.12. The van der Waals surface area contributed by atoms with Gasteiger partial charge in [-0.15, -0.1) is 0 Å². The quantitative estimate of drug-likeness (QED) is 0.371. The number of hydrogen-bond donors (Lipinski definition) is 3. The van der Waals surface area contributed by atoms with Crippen molar-refractivity contribution in [3.63, 3.8) is 0 Å². The van der Waals surface area contributed by atoms with Gasteiger partial charge in [-0.25, -0.2) is 9.59 Å². The van der Waals surface area contributed by atoms with Crippen molar-refractivity contribution in [1.82, 2.24) is 0 Å². The number of aliphatic hydroxyl groups excluding tert-OH is 3. The SMILES string of the molecule is C=C1C(=O)O[C@@H]2/C=C(\CO)CC/C=C(\C)C[C@H](OC(=O)C(=C)[C@H](O)CO)[C@@H]12. The molecule has 0 aromatic carbocycles. The number of hydrogen-bond acceptors (Lipinski definition) is 7. The number of allylic oxidation sites excluding steroid dienone is 1. The lowest BCUT2D eigenvalue weighted by atomic mass is 9.85. The molecule has 0 amide bonds. The van der Waals surface area contributed by atoms with E-state index in [4.69, 9.17) is 14.6 Å². The molecule has 0 aromatic rings. The summed E-state index contributed by atoms with van der Waals surface area (Å²) in [6, 6.07) is 0. The average molecular weight is 378 g/mol. The molecule has 0 unspecified atom stereocenters. The van der Waals surface area contributed by atoms with Crippen molar-refractivity contribution >= 4 is 11.9 Å². The van der Waals surface area contributed by atoms with Crippen LogP contribution < -0.4 is 0 Å². The molecule has 0 radical (unpaired) electrons. The third kappa shape index (κ3) is 4.94. The molecule has 0 spiro atoms. The van der Waals surface area contributed by atoms with Gasteiger partial charge in [0, 0.05) is 12.0 Å². The molecule has 0 bridgehead atoms. The Kier molecular flexibility index (Phi) is 7.12. The van der Waals surface area contributed by atoms with Gasteiger partial charge >= 0.3 is 11.9 Å². The van der Waals surface area contributed by atoms with Crippen LogP contribution in [0.25, 0.3) is 0 Å². The van der Waals surface area contributed by atoms with Crippen LogP contribution in [-0.4, -0.2) is 58.8 Å². The Hall–Kier alpha value is -2.22. The molecular formula is C20H26O7. The molecule has 1 saturated heterocycles. The fraction of sp³-hybridized carbons (Fsp3) is 0.500. The van der Waals surface area contributed by atoms with Crippen LogP contribution >= 0.6 is 0 Å². The van der Waals surface area contributed by atoms with Gasteiger partial charge in [-0.3, -0.25) is 0 Å². The summed E-state index contributed by atoms with van der Waals surface area (Å²) in [5.74, 6) is -2.05. The second-order valence-corrected chi connectivity index (χ2v) is 6.86. The van der Waals surface area contributed by atoms with E-state index in [0.29, 0.717) is 19.3 Å². The predicted octanol–water partition coefficient (Wildman–Crippen LogP) is 0.954. The normalized spacial score (nSPS) is 30.9. The molecule has 4 atom stereocenters. The van der Waals surface area contributed by atoms with Crippen LogP contribution in [0.15, 0.2) is 47.6 Å². The smallest absolute Gasteiger partial charge is 0.336 e. The Morgan fingerprint density at radius 3 is 2.78 bits per heavy atom. The zero-order chi connectivity index (χ0) is 20.1. The van der Waals surface area contributed by atoms with Crippen LogP contribution in [-0.2, 0) is 19.1 Å². The third-order valence-electron chi connectivity index (χ3n) is 4.84. The molecular weight excluding hydrogens is 352 g/mol. The van der Waals surface area contributed by atoms with E-state index in [1.807, 2.05) is 13.0 Å². The minimum Gasteiger partial charge on any atom is -0.458 e. The Balaban J connectivity index is 2.36. The first-order chi connectivity index (χ1) is 12.8. The molecule has 1 fully saturated rings. The van der Waals surface area contributed by atoms with Crippen LogP contribution in [0.1, 0.15) is 26.2 Å². The van der Waals surface area contributed by atoms with Crippen molar-refractivity contribution in [2.24, 2.45) is 5.92 Å². The Bertz CT molecular complexity index is 688. The number of esters is 2. The van der Waals surface area contributed by atoms with Crippen LogP contribution in [0.4, 0.5) is 0 Å². The molecule has 1 aliphatic carbocycles. The molecule has 2 rings (SSSR count). The molecule has 27 heavy (non-hydrogen) atoms. The first-order valence-corrected chi connectivity index (χ1v) is 8.83. The van der Waals surface area contributed by atoms with Crippen molar-refractivity contribution in [1.29, 1.82) is 0 Å². The minimum atomic E-state index is -1.42. The molecule has 0 saturated carbocycles. The standard InChI is InChI=1S/C20H26O7/c1-11-5-4-6-14(9-21)8-17-18(13(3)20(25)27-17)16(7-11)26-19(24)12(2)15(23)10-22/h5,8,15-18,21-23H,2-4,6-7,9-10H2,1H3/b11-5+,14-8-/t15-,16+,17-,18-/m1/s1. The Labute approximate surface area is 158 Å². The van der Waals surface area contributed by atoms with Crippen molar-refractivity contribution < 1.29 is 34.4 Å². The van der Waals surface area contributed by atoms with Crippen LogP contribution in [0.3, 0.4) is 0 Å². The Morgan fingerprint density at radius 2 is 2.15 bits per heavy atom. The molecule has 148 valence electrons. The van der Waals surface area contributed by atoms with E-state index in [0.717, 1.165) is 11.1 Å². The zero-order valence-corrected chi connectivity index (χ0v) is 15.4. The van der Waals surface area contributed by atoms with Crippen LogP contribution in [0.2, 0.25) is 0 Å². The number of carbonyl (C=O) groups is 2. The van der Waals surface area contributed by atoms with E-state index >= 15 is 0 Å². The van der Waals surface area contributed by atoms with E-state index < -0.39 is 42.8 Å². The minimum absolute atomic E-state index is 0.163. The Morgan fingerprint density at radius 1 is 1.44 bits per heavy atom. The van der Waals surface area contributed by atoms with Gasteiger partial charge in [0.2, 0.25) is 0 Å². The number of carbonyl (C=O) groups excluding carboxylic acids is 2. The first kappa shape index (κ1) is 21.1. The molecule has 3 N–H and O–H groups in total. The fourth-order valence-corrected chi connectivity index (χ4v) is 3.23. The summed E-state index contributed by atoms with van der Waals surface area (Å²) in [5.41, 5.74) is 1.60. The van der Waals surface area contributed by atoms with Gasteiger partial charge in [-0.05, 0) is 31.4 Å². The van der Waals surface area contributed by atoms with Gasteiger partial charge in [0.05, 0.1) is 24.7 Å². The highest BCUT2D eigenvalue weighted by Gasteiger charge is 2.44. The average Bonchev–Trinajstić information content (AvgIpc) is 2.92. The third-order valence-corrected chi connectivity index (χ3v) is 4.84. The van der Waals surface area contributed by atoms with E-state index in [2.05, 4.69) is 13.2 Å². The summed E-state index contributed by atoms with van der Waals surface area (Å²) < 4.78 is 10.9. The van der Waals surface area contributed by atoms with E-state index in [-0.39, 0.29) is 17.8 Å². The second-order valence-electron chi connectivity index (χ2n) is 6.86. The van der Waals surface area contributed by atoms with Crippen LogP contribution in [0, 0.1) is 5.92 Å². The molecule has 2 aliphatic rings.